The van der Waals surface area contributed by atoms with E-state index in [1.807, 2.05) is 18.2 Å². The van der Waals surface area contributed by atoms with Crippen molar-refractivity contribution < 1.29 is 18.8 Å². The van der Waals surface area contributed by atoms with Crippen LogP contribution in [0.1, 0.15) is 17.5 Å². The molecule has 2 aromatic rings. The van der Waals surface area contributed by atoms with Crippen molar-refractivity contribution in [2.45, 2.75) is 25.4 Å². The van der Waals surface area contributed by atoms with Gasteiger partial charge in [-0.25, -0.2) is 4.39 Å². The molecule has 2 heterocycles. The minimum absolute atomic E-state index is 0.0136. The molecule has 1 unspecified atom stereocenters. The molecular formula is C23H23ClFN3O3. The lowest BCUT2D eigenvalue weighted by molar-refractivity contribution is -0.157. The highest BCUT2D eigenvalue weighted by Crippen LogP contribution is 2.22. The Kier molecular flexibility index (Phi) is 6.23. The van der Waals surface area contributed by atoms with E-state index in [1.54, 1.807) is 28.0 Å². The maximum absolute atomic E-state index is 13.2. The largest absolute Gasteiger partial charge is 0.340 e. The Morgan fingerprint density at radius 2 is 1.81 bits per heavy atom. The first-order chi connectivity index (χ1) is 14.9. The Hall–Kier alpha value is -2.93. The van der Waals surface area contributed by atoms with E-state index in [2.05, 4.69) is 0 Å². The summed E-state index contributed by atoms with van der Waals surface area (Å²) in [5, 5.41) is 0.529. The number of carbonyl (C=O) groups excluding carboxylic acids is 3. The van der Waals surface area contributed by atoms with Crippen molar-refractivity contribution in [3.63, 3.8) is 0 Å². The molecular weight excluding hydrogens is 421 g/mol. The topological polar surface area (TPSA) is 60.9 Å². The molecule has 0 saturated carbocycles. The van der Waals surface area contributed by atoms with E-state index >= 15 is 0 Å². The number of nitrogens with zero attached hydrogens (tertiary/aromatic N) is 3. The highest BCUT2D eigenvalue weighted by molar-refractivity contribution is 6.31. The van der Waals surface area contributed by atoms with Crippen molar-refractivity contribution in [1.29, 1.82) is 0 Å². The fraction of sp³-hybridized carbons (Fsp3) is 0.348. The second-order valence-corrected chi connectivity index (χ2v) is 8.29. The number of carbonyl (C=O) groups is 3. The average molecular weight is 444 g/mol. The monoisotopic (exact) mass is 443 g/mol. The predicted molar refractivity (Wildman–Crippen MR) is 114 cm³/mol. The Morgan fingerprint density at radius 1 is 1.06 bits per heavy atom. The van der Waals surface area contributed by atoms with E-state index in [9.17, 15) is 18.8 Å². The Labute approximate surface area is 185 Å². The van der Waals surface area contributed by atoms with Crippen LogP contribution in [-0.2, 0) is 27.3 Å². The minimum atomic E-state index is -0.709. The first-order valence-corrected chi connectivity index (χ1v) is 10.6. The van der Waals surface area contributed by atoms with Gasteiger partial charge in [-0.3, -0.25) is 14.4 Å². The molecule has 3 amide bonds. The van der Waals surface area contributed by atoms with Crippen LogP contribution in [0.15, 0.2) is 48.5 Å². The van der Waals surface area contributed by atoms with Crippen molar-refractivity contribution in [3.8, 4) is 0 Å². The molecule has 2 fully saturated rings. The molecule has 4 rings (SSSR count). The van der Waals surface area contributed by atoms with Crippen LogP contribution < -0.4 is 0 Å². The van der Waals surface area contributed by atoms with Crippen LogP contribution in [-0.4, -0.2) is 64.6 Å². The number of piperazine rings is 1. The van der Waals surface area contributed by atoms with Crippen LogP contribution in [0.5, 0.6) is 0 Å². The maximum Gasteiger partial charge on any atom is 0.247 e. The minimum Gasteiger partial charge on any atom is -0.340 e. The number of hydrogen-bond donors (Lipinski definition) is 0. The van der Waals surface area contributed by atoms with Gasteiger partial charge in [-0.2, -0.15) is 0 Å². The molecule has 0 aromatic heterocycles. The molecule has 0 radical (unpaired) electrons. The zero-order valence-corrected chi connectivity index (χ0v) is 17.7. The van der Waals surface area contributed by atoms with Crippen LogP contribution in [0.3, 0.4) is 0 Å². The third-order valence-electron chi connectivity index (χ3n) is 5.78. The number of rotatable bonds is 4. The summed E-state index contributed by atoms with van der Waals surface area (Å²) in [5.74, 6) is -0.799. The van der Waals surface area contributed by atoms with Crippen molar-refractivity contribution in [3.05, 3.63) is 70.5 Å². The van der Waals surface area contributed by atoms with Crippen molar-refractivity contribution >= 4 is 29.3 Å². The summed E-state index contributed by atoms with van der Waals surface area (Å²) < 4.78 is 13.2. The summed E-state index contributed by atoms with van der Waals surface area (Å²) in [4.78, 5) is 43.6. The molecule has 162 valence electrons. The molecule has 2 aromatic carbocycles. The van der Waals surface area contributed by atoms with Crippen molar-refractivity contribution in [1.82, 2.24) is 14.7 Å². The average Bonchev–Trinajstić information content (AvgIpc) is 2.99. The van der Waals surface area contributed by atoms with Crippen LogP contribution in [0.4, 0.5) is 4.39 Å². The molecule has 8 heteroatoms. The Bertz CT molecular complexity index is 998. The van der Waals surface area contributed by atoms with Gasteiger partial charge in [0.15, 0.2) is 0 Å². The normalized spacial score (nSPS) is 19.3. The first kappa shape index (κ1) is 21.3. The standard InChI is InChI=1S/C23H23ClFN3O3/c24-19-5-2-1-4-17(19)12-21(29)26-10-3-11-28-20(14-26)23(31)27(15-22(28)30)13-16-6-8-18(25)9-7-16/h1-2,4-9,20H,3,10-15H2. The quantitative estimate of drug-likeness (QED) is 0.729. The predicted octanol–water partition coefficient (Wildman–Crippen LogP) is 2.49. The molecule has 2 aliphatic rings. The fourth-order valence-corrected chi connectivity index (χ4v) is 4.33. The lowest BCUT2D eigenvalue weighted by atomic mass is 10.1. The summed E-state index contributed by atoms with van der Waals surface area (Å²) in [5.41, 5.74) is 1.48. The highest BCUT2D eigenvalue weighted by atomic mass is 35.5. The zero-order chi connectivity index (χ0) is 22.0. The van der Waals surface area contributed by atoms with Gasteiger partial charge in [-0.1, -0.05) is 41.9 Å². The summed E-state index contributed by atoms with van der Waals surface area (Å²) in [6.07, 6.45) is 0.759. The van der Waals surface area contributed by atoms with Gasteiger partial charge in [0.1, 0.15) is 18.4 Å². The van der Waals surface area contributed by atoms with E-state index in [-0.39, 0.29) is 49.6 Å². The van der Waals surface area contributed by atoms with Gasteiger partial charge in [0, 0.05) is 24.7 Å². The number of benzene rings is 2. The summed E-state index contributed by atoms with van der Waals surface area (Å²) in [6.45, 7) is 1.29. The third-order valence-corrected chi connectivity index (χ3v) is 6.15. The molecule has 0 N–H and O–H groups in total. The Morgan fingerprint density at radius 3 is 2.55 bits per heavy atom. The zero-order valence-electron chi connectivity index (χ0n) is 17.0. The second-order valence-electron chi connectivity index (χ2n) is 7.89. The van der Waals surface area contributed by atoms with Crippen LogP contribution in [0.2, 0.25) is 5.02 Å². The SMILES string of the molecule is O=C(Cc1ccccc1Cl)N1CCCN2C(=O)CN(Cc3ccc(F)cc3)C(=O)C2C1. The Balaban J connectivity index is 1.49. The first-order valence-electron chi connectivity index (χ1n) is 10.3. The summed E-state index contributed by atoms with van der Waals surface area (Å²) >= 11 is 6.19. The molecule has 1 atom stereocenters. The van der Waals surface area contributed by atoms with Gasteiger partial charge in [0.25, 0.3) is 0 Å². The van der Waals surface area contributed by atoms with Gasteiger partial charge >= 0.3 is 0 Å². The molecule has 0 spiro atoms. The van der Waals surface area contributed by atoms with Crippen LogP contribution in [0, 0.1) is 5.82 Å². The number of amides is 3. The van der Waals surface area contributed by atoms with Crippen LogP contribution >= 0.6 is 11.6 Å². The molecule has 0 aliphatic carbocycles. The molecule has 6 nitrogen and oxygen atoms in total. The van der Waals surface area contributed by atoms with E-state index in [4.69, 9.17) is 11.6 Å². The van der Waals surface area contributed by atoms with Crippen LogP contribution in [0.25, 0.3) is 0 Å². The van der Waals surface area contributed by atoms with E-state index in [0.29, 0.717) is 24.5 Å². The lowest BCUT2D eigenvalue weighted by Gasteiger charge is -2.40. The number of halogens is 2. The molecule has 0 bridgehead atoms. The number of hydrogen-bond acceptors (Lipinski definition) is 3. The van der Waals surface area contributed by atoms with E-state index in [1.165, 1.54) is 17.0 Å². The van der Waals surface area contributed by atoms with E-state index < -0.39 is 6.04 Å². The smallest absolute Gasteiger partial charge is 0.247 e. The van der Waals surface area contributed by atoms with E-state index in [0.717, 1.165) is 11.1 Å². The summed E-state index contributed by atoms with van der Waals surface area (Å²) in [7, 11) is 0. The molecule has 2 aliphatic heterocycles. The summed E-state index contributed by atoms with van der Waals surface area (Å²) in [6, 6.07) is 12.3. The fourth-order valence-electron chi connectivity index (χ4n) is 4.13. The van der Waals surface area contributed by atoms with Crippen molar-refractivity contribution in [2.75, 3.05) is 26.2 Å². The van der Waals surface area contributed by atoms with Gasteiger partial charge in [-0.15, -0.1) is 0 Å². The van der Waals surface area contributed by atoms with Gasteiger partial charge in [0.05, 0.1) is 13.0 Å². The van der Waals surface area contributed by atoms with Crippen molar-refractivity contribution in [2.24, 2.45) is 0 Å². The number of fused-ring (bicyclic) bond motifs is 1. The molecule has 31 heavy (non-hydrogen) atoms. The third kappa shape index (κ3) is 4.71. The highest BCUT2D eigenvalue weighted by Gasteiger charge is 2.42. The second kappa shape index (κ2) is 9.06. The molecule has 2 saturated heterocycles. The lowest BCUT2D eigenvalue weighted by Crippen LogP contribution is -2.61. The van der Waals surface area contributed by atoms with Gasteiger partial charge in [-0.05, 0) is 35.7 Å². The van der Waals surface area contributed by atoms with Gasteiger partial charge < -0.3 is 14.7 Å². The van der Waals surface area contributed by atoms with Gasteiger partial charge in [0.2, 0.25) is 17.7 Å². The maximum atomic E-state index is 13.2.